The van der Waals surface area contributed by atoms with Crippen molar-refractivity contribution in [3.63, 3.8) is 0 Å². The summed E-state index contributed by atoms with van der Waals surface area (Å²) in [5, 5.41) is 0. The molecule has 0 spiro atoms. The lowest BCUT2D eigenvalue weighted by molar-refractivity contribution is -0.205. The van der Waals surface area contributed by atoms with Crippen molar-refractivity contribution in [1.82, 2.24) is 19.5 Å². The molecule has 0 fully saturated rings. The van der Waals surface area contributed by atoms with Crippen LogP contribution in [0.15, 0.2) is 12.7 Å². The van der Waals surface area contributed by atoms with E-state index in [0.29, 0.717) is 23.5 Å². The molecule has 9 nitrogen and oxygen atoms in total. The summed E-state index contributed by atoms with van der Waals surface area (Å²) in [6.07, 6.45) is 22.9. The Morgan fingerprint density at radius 2 is 1.37 bits per heavy atom. The number of hydrogen-bond acceptors (Lipinski definition) is 8. The van der Waals surface area contributed by atoms with Gasteiger partial charge in [0.05, 0.1) is 25.6 Å². The Labute approximate surface area is 250 Å². The second kappa shape index (κ2) is 19.8. The van der Waals surface area contributed by atoms with Crippen molar-refractivity contribution in [3.05, 3.63) is 12.7 Å². The topological polar surface area (TPSA) is 128 Å². The molecule has 2 atom stereocenters. The quantitative estimate of drug-likeness (QED) is 0.0682. The van der Waals surface area contributed by atoms with Crippen molar-refractivity contribution in [2.45, 2.75) is 148 Å². The van der Waals surface area contributed by atoms with Crippen LogP contribution in [0.1, 0.15) is 110 Å². The molecule has 2 heterocycles. The van der Waals surface area contributed by atoms with E-state index in [9.17, 15) is 9.46 Å². The van der Waals surface area contributed by atoms with Crippen molar-refractivity contribution in [2.75, 3.05) is 18.7 Å². The molecule has 0 aliphatic rings. The van der Waals surface area contributed by atoms with E-state index in [0.717, 1.165) is 19.3 Å². The summed E-state index contributed by atoms with van der Waals surface area (Å²) in [5.41, 5.74) is 6.92. The van der Waals surface area contributed by atoms with E-state index in [1.807, 2.05) is 0 Å². The van der Waals surface area contributed by atoms with E-state index in [1.54, 1.807) is 17.8 Å². The molecule has 0 amide bonds. The van der Waals surface area contributed by atoms with Crippen LogP contribution in [0.4, 0.5) is 5.82 Å². The molecule has 0 saturated heterocycles. The second-order valence-corrected chi connectivity index (χ2v) is 20.2. The van der Waals surface area contributed by atoms with E-state index in [4.69, 9.17) is 15.0 Å². The summed E-state index contributed by atoms with van der Waals surface area (Å²) in [4.78, 5) is 24.5. The molecule has 236 valence electrons. The van der Waals surface area contributed by atoms with Gasteiger partial charge in [-0.2, -0.15) is 0 Å². The summed E-state index contributed by atoms with van der Waals surface area (Å²) in [6, 6.07) is 1.49. The van der Waals surface area contributed by atoms with Crippen molar-refractivity contribution in [2.24, 2.45) is 0 Å². The van der Waals surface area contributed by atoms with E-state index >= 15 is 0 Å². The first-order valence-corrected chi connectivity index (χ1v) is 21.5. The zero-order chi connectivity index (χ0) is 30.0. The summed E-state index contributed by atoms with van der Waals surface area (Å²) in [5.74, 6) is 0.310. The maximum absolute atomic E-state index is 12.2. The zero-order valence-corrected chi connectivity index (χ0v) is 28.2. The average molecular weight is 611 g/mol. The fourth-order valence-electron chi connectivity index (χ4n) is 5.05. The molecule has 11 heteroatoms. The number of aromatic nitrogens is 4. The summed E-state index contributed by atoms with van der Waals surface area (Å²) in [7, 11) is -4.86. The number of nitrogens with two attached hydrogens (primary N) is 1. The van der Waals surface area contributed by atoms with E-state index in [2.05, 4.69) is 34.6 Å². The Kier molecular flexibility index (Phi) is 17.3. The van der Waals surface area contributed by atoms with Crippen LogP contribution in [-0.4, -0.2) is 46.7 Å². The second-order valence-electron chi connectivity index (χ2n) is 12.8. The number of fused-ring (bicyclic) bond motifs is 1. The lowest BCUT2D eigenvalue weighted by Crippen LogP contribution is -2.20. The van der Waals surface area contributed by atoms with Crippen molar-refractivity contribution in [1.29, 1.82) is 0 Å². The van der Waals surface area contributed by atoms with Crippen LogP contribution in [0.25, 0.3) is 11.2 Å². The van der Waals surface area contributed by atoms with Gasteiger partial charge in [0.1, 0.15) is 18.2 Å². The molecule has 0 aliphatic carbocycles. The number of unbranched alkanes of at least 4 members (excludes halogenated alkanes) is 15. The monoisotopic (exact) mass is 610 g/mol. The fraction of sp³-hybridized carbons (Fsp3) is 0.833. The van der Waals surface area contributed by atoms with Gasteiger partial charge in [-0.1, -0.05) is 122 Å². The van der Waals surface area contributed by atoms with Crippen molar-refractivity contribution in [3.8, 4) is 0 Å². The predicted molar refractivity (Wildman–Crippen MR) is 171 cm³/mol. The maximum Gasteiger partial charge on any atom is 0.165 e. The average Bonchev–Trinajstić information content (AvgIpc) is 3.32. The minimum Gasteiger partial charge on any atom is -0.777 e. The number of rotatable bonds is 25. The van der Waals surface area contributed by atoms with Crippen LogP contribution < -0.4 is 10.6 Å². The number of imidazole rings is 1. The van der Waals surface area contributed by atoms with Gasteiger partial charge < -0.3 is 29.0 Å². The molecule has 0 aromatic carbocycles. The van der Waals surface area contributed by atoms with Gasteiger partial charge in [0.15, 0.2) is 19.1 Å². The van der Waals surface area contributed by atoms with Gasteiger partial charge >= 0.3 is 0 Å². The summed E-state index contributed by atoms with van der Waals surface area (Å²) in [6.45, 7) is 9.84. The molecule has 0 saturated carbocycles. The van der Waals surface area contributed by atoms with Crippen molar-refractivity contribution < 1.29 is 18.7 Å². The highest BCUT2D eigenvalue weighted by atomic mass is 31.2. The highest BCUT2D eigenvalue weighted by molar-refractivity contribution is 7.51. The molecule has 1 unspecified atom stereocenters. The third-order valence-electron chi connectivity index (χ3n) is 7.51. The number of hydrogen-bond donors (Lipinski definition) is 1. The molecule has 0 radical (unpaired) electrons. The number of nitrogen functional groups attached to an aromatic ring is 1. The van der Waals surface area contributed by atoms with Gasteiger partial charge in [-0.05, 0) is 13.3 Å². The highest BCUT2D eigenvalue weighted by Gasteiger charge is 2.15. The lowest BCUT2D eigenvalue weighted by Gasteiger charge is -2.25. The third kappa shape index (κ3) is 16.8. The largest absolute Gasteiger partial charge is 0.777 e. The van der Waals surface area contributed by atoms with Gasteiger partial charge in [0.2, 0.25) is 0 Å². The first-order valence-electron chi connectivity index (χ1n) is 16.0. The third-order valence-corrected chi connectivity index (χ3v) is 10.4. The molecule has 2 aromatic rings. The minimum atomic E-state index is -4.03. The number of nitrogens with zero attached hydrogens (tertiary/aromatic N) is 4. The van der Waals surface area contributed by atoms with E-state index in [1.165, 1.54) is 95.8 Å². The highest BCUT2D eigenvalue weighted by Crippen LogP contribution is 2.37. The van der Waals surface area contributed by atoms with Crippen LogP contribution in [-0.2, 0) is 20.4 Å². The maximum atomic E-state index is 12.2. The van der Waals surface area contributed by atoms with Gasteiger partial charge in [0, 0.05) is 8.07 Å². The van der Waals surface area contributed by atoms with Gasteiger partial charge in [-0.3, -0.25) is 0 Å². The molecular weight excluding hydrogens is 553 g/mol. The summed E-state index contributed by atoms with van der Waals surface area (Å²) < 4.78 is 24.7. The zero-order valence-electron chi connectivity index (χ0n) is 26.3. The normalized spacial score (nSPS) is 14.5. The number of ether oxygens (including phenoxy) is 1. The minimum absolute atomic E-state index is 0.222. The van der Waals surface area contributed by atoms with Crippen molar-refractivity contribution >= 4 is 32.7 Å². The van der Waals surface area contributed by atoms with Gasteiger partial charge in [0.25, 0.3) is 0 Å². The molecule has 2 N–H and O–H groups in total. The van der Waals surface area contributed by atoms with E-state index in [-0.39, 0.29) is 12.7 Å². The fourth-order valence-corrected chi connectivity index (χ4v) is 7.28. The first-order chi connectivity index (χ1) is 19.6. The molecule has 0 aliphatic heterocycles. The van der Waals surface area contributed by atoms with Crippen LogP contribution in [0.2, 0.25) is 25.7 Å². The molecule has 2 rings (SSSR count). The van der Waals surface area contributed by atoms with E-state index < -0.39 is 22.0 Å². The Morgan fingerprint density at radius 1 is 0.854 bits per heavy atom. The van der Waals surface area contributed by atoms with Crippen LogP contribution in [0, 0.1) is 0 Å². The SMILES string of the molecule is C[C@H](Cn1cnc2c(N)ncnc21)OCP(=O)([O-])OCCCCCCCCCCCCCCCCCC[Si](C)(C)C. The van der Waals surface area contributed by atoms with Crippen LogP contribution in [0.3, 0.4) is 0 Å². The molecule has 2 aromatic heterocycles. The lowest BCUT2D eigenvalue weighted by atomic mass is 10.0. The van der Waals surface area contributed by atoms with Crippen LogP contribution >= 0.6 is 7.60 Å². The molecule has 41 heavy (non-hydrogen) atoms. The smallest absolute Gasteiger partial charge is 0.165 e. The molecular formula is C30H57N5O4PSi-. The predicted octanol–water partition coefficient (Wildman–Crippen LogP) is 7.92. The molecule has 0 bridgehead atoms. The van der Waals surface area contributed by atoms with Crippen LogP contribution in [0.5, 0.6) is 0 Å². The van der Waals surface area contributed by atoms with Gasteiger partial charge in [-0.25, -0.2) is 15.0 Å². The van der Waals surface area contributed by atoms with Gasteiger partial charge in [-0.15, -0.1) is 0 Å². The first kappa shape index (κ1) is 35.9. The Bertz CT molecular complexity index is 1020. The standard InChI is InChI=1S/C30H58N5O4PSi/c1-27(23-35-25-34-28-29(31)32-24-33-30(28)35)38-26-40(36,37)39-21-19-17-15-13-11-9-7-5-6-8-10-12-14-16-18-20-22-41(2,3)4/h24-25,27H,5-23,26H2,1-4H3,(H,36,37)(H2,31,32,33)/p-1/t27-/m1/s1. The Balaban J connectivity index is 1.36. The number of anilines is 1. The Morgan fingerprint density at radius 3 is 1.90 bits per heavy atom. The summed E-state index contributed by atoms with van der Waals surface area (Å²) >= 11 is 0. The Hall–Kier alpha value is -1.32.